The lowest BCUT2D eigenvalue weighted by Crippen LogP contribution is -2.25. The molecule has 0 bridgehead atoms. The molecule has 1 heterocycles. The summed E-state index contributed by atoms with van der Waals surface area (Å²) in [6.45, 7) is 1.05. The van der Waals surface area contributed by atoms with E-state index in [1.54, 1.807) is 4.90 Å². The van der Waals surface area contributed by atoms with Crippen LogP contribution in [0.1, 0.15) is 6.42 Å². The minimum absolute atomic E-state index is 0.0675. The van der Waals surface area contributed by atoms with E-state index >= 15 is 0 Å². The Kier molecular flexibility index (Phi) is 2.24. The van der Waals surface area contributed by atoms with Crippen molar-refractivity contribution in [1.29, 1.82) is 0 Å². The lowest BCUT2D eigenvalue weighted by molar-refractivity contribution is -0.124. The van der Waals surface area contributed by atoms with Crippen LogP contribution in [0.5, 0.6) is 0 Å². The number of allylic oxidation sites excluding steroid dienone is 4. The van der Waals surface area contributed by atoms with Gasteiger partial charge in [-0.05, 0) is 12.0 Å². The quantitative estimate of drug-likeness (QED) is 0.563. The molecule has 2 heteroatoms. The van der Waals surface area contributed by atoms with Gasteiger partial charge in [0.1, 0.15) is 0 Å². The van der Waals surface area contributed by atoms with Crippen molar-refractivity contribution in [3.8, 4) is 12.3 Å². The highest BCUT2D eigenvalue weighted by Crippen LogP contribution is 2.25. The van der Waals surface area contributed by atoms with Gasteiger partial charge in [-0.25, -0.2) is 0 Å². The fourth-order valence-corrected chi connectivity index (χ4v) is 1.72. The molecular formula is C12H11NO. The summed E-state index contributed by atoms with van der Waals surface area (Å²) in [5, 5.41) is 0. The number of likely N-dealkylation sites (tertiary alicyclic amines) is 1. The maximum Gasteiger partial charge on any atom is 0.254 e. The molecular weight excluding hydrogens is 174 g/mol. The van der Waals surface area contributed by atoms with Crippen LogP contribution in [0.15, 0.2) is 35.5 Å². The van der Waals surface area contributed by atoms with Gasteiger partial charge in [0.05, 0.1) is 6.54 Å². The highest BCUT2D eigenvalue weighted by molar-refractivity contribution is 6.01. The molecule has 2 nitrogen and oxygen atoms in total. The molecule has 1 amide bonds. The first-order valence-corrected chi connectivity index (χ1v) is 4.62. The molecule has 0 spiro atoms. The van der Waals surface area contributed by atoms with E-state index in [1.807, 2.05) is 24.3 Å². The van der Waals surface area contributed by atoms with Gasteiger partial charge in [0.15, 0.2) is 0 Å². The molecule has 1 saturated heterocycles. The summed E-state index contributed by atoms with van der Waals surface area (Å²) in [5.74, 6) is 2.57. The van der Waals surface area contributed by atoms with Crippen LogP contribution in [0.2, 0.25) is 0 Å². The fourth-order valence-electron chi connectivity index (χ4n) is 1.72. The van der Waals surface area contributed by atoms with Gasteiger partial charge in [-0.3, -0.25) is 4.79 Å². The summed E-state index contributed by atoms with van der Waals surface area (Å²) >= 11 is 0. The van der Waals surface area contributed by atoms with Crippen molar-refractivity contribution < 1.29 is 4.79 Å². The van der Waals surface area contributed by atoms with E-state index in [1.165, 1.54) is 0 Å². The molecule has 0 atom stereocenters. The summed E-state index contributed by atoms with van der Waals surface area (Å²) < 4.78 is 0. The van der Waals surface area contributed by atoms with Gasteiger partial charge in [-0.15, -0.1) is 6.42 Å². The molecule has 1 aliphatic carbocycles. The summed E-state index contributed by atoms with van der Waals surface area (Å²) in [4.78, 5) is 13.5. The number of carbonyl (C=O) groups is 1. The third kappa shape index (κ3) is 1.38. The van der Waals surface area contributed by atoms with Crippen LogP contribution in [0.25, 0.3) is 0 Å². The smallest absolute Gasteiger partial charge is 0.254 e. The molecule has 0 unspecified atom stereocenters. The van der Waals surface area contributed by atoms with E-state index in [2.05, 4.69) is 5.92 Å². The van der Waals surface area contributed by atoms with Gasteiger partial charge in [-0.2, -0.15) is 0 Å². The summed E-state index contributed by atoms with van der Waals surface area (Å²) in [5.41, 5.74) is 1.91. The van der Waals surface area contributed by atoms with Crippen molar-refractivity contribution in [3.05, 3.63) is 35.5 Å². The van der Waals surface area contributed by atoms with Crippen molar-refractivity contribution in [2.24, 2.45) is 0 Å². The lowest BCUT2D eigenvalue weighted by Gasteiger charge is -2.09. The van der Waals surface area contributed by atoms with Gasteiger partial charge in [0, 0.05) is 12.1 Å². The van der Waals surface area contributed by atoms with E-state index < -0.39 is 0 Å². The normalized spacial score (nSPS) is 19.6. The maximum atomic E-state index is 11.8. The largest absolute Gasteiger partial charge is 0.323 e. The van der Waals surface area contributed by atoms with Gasteiger partial charge in [-0.1, -0.05) is 30.2 Å². The van der Waals surface area contributed by atoms with Gasteiger partial charge in [0.2, 0.25) is 0 Å². The Morgan fingerprint density at radius 2 is 2.43 bits per heavy atom. The molecule has 2 aliphatic rings. The van der Waals surface area contributed by atoms with Crippen molar-refractivity contribution in [2.45, 2.75) is 6.42 Å². The first-order valence-electron chi connectivity index (χ1n) is 4.62. The lowest BCUT2D eigenvalue weighted by atomic mass is 10.1. The SMILES string of the molecule is C#CCN1CC2=CC=CCC=C2C1=O. The van der Waals surface area contributed by atoms with Crippen LogP contribution in [-0.2, 0) is 4.79 Å². The van der Waals surface area contributed by atoms with E-state index in [9.17, 15) is 4.79 Å². The van der Waals surface area contributed by atoms with E-state index in [-0.39, 0.29) is 5.91 Å². The van der Waals surface area contributed by atoms with Crippen LogP contribution in [0.4, 0.5) is 0 Å². The second-order valence-electron chi connectivity index (χ2n) is 3.34. The van der Waals surface area contributed by atoms with Crippen LogP contribution >= 0.6 is 0 Å². The fraction of sp³-hybridized carbons (Fsp3) is 0.250. The maximum absolute atomic E-state index is 11.8. The molecule has 70 valence electrons. The Bertz CT molecular complexity index is 393. The molecule has 0 aromatic heterocycles. The van der Waals surface area contributed by atoms with E-state index in [0.717, 1.165) is 17.6 Å². The number of hydrogen-bond acceptors (Lipinski definition) is 1. The molecule has 14 heavy (non-hydrogen) atoms. The number of fused-ring (bicyclic) bond motifs is 1. The minimum Gasteiger partial charge on any atom is -0.323 e. The monoisotopic (exact) mass is 185 g/mol. The molecule has 1 aliphatic heterocycles. The molecule has 0 aromatic rings. The highest BCUT2D eigenvalue weighted by Gasteiger charge is 2.29. The predicted molar refractivity (Wildman–Crippen MR) is 55.3 cm³/mol. The van der Waals surface area contributed by atoms with Gasteiger partial charge in [0.25, 0.3) is 5.91 Å². The Hall–Kier alpha value is -1.75. The highest BCUT2D eigenvalue weighted by atomic mass is 16.2. The standard InChI is InChI=1S/C12H11NO/c1-2-8-13-9-10-6-4-3-5-7-11(10)12(13)14/h1,3-4,6-7H,5,8-9H2. The summed E-state index contributed by atoms with van der Waals surface area (Å²) in [6.07, 6.45) is 14.0. The van der Waals surface area contributed by atoms with Crippen molar-refractivity contribution in [2.75, 3.05) is 13.1 Å². The zero-order chi connectivity index (χ0) is 9.97. The van der Waals surface area contributed by atoms with Crippen molar-refractivity contribution >= 4 is 5.91 Å². The first-order chi connectivity index (χ1) is 6.83. The second kappa shape index (κ2) is 3.55. The minimum atomic E-state index is 0.0675. The number of hydrogen-bond donors (Lipinski definition) is 0. The average Bonchev–Trinajstić information content (AvgIpc) is 2.41. The average molecular weight is 185 g/mol. The zero-order valence-corrected chi connectivity index (χ0v) is 7.86. The van der Waals surface area contributed by atoms with Crippen molar-refractivity contribution in [1.82, 2.24) is 4.90 Å². The van der Waals surface area contributed by atoms with Gasteiger partial charge >= 0.3 is 0 Å². The van der Waals surface area contributed by atoms with E-state index in [0.29, 0.717) is 13.1 Å². The Labute approximate surface area is 83.6 Å². The van der Waals surface area contributed by atoms with Crippen LogP contribution < -0.4 is 0 Å². The molecule has 0 saturated carbocycles. The van der Waals surface area contributed by atoms with Crippen LogP contribution in [0, 0.1) is 12.3 Å². The predicted octanol–water partition coefficient (Wildman–Crippen LogP) is 1.27. The summed E-state index contributed by atoms with van der Waals surface area (Å²) in [6, 6.07) is 0. The molecule has 2 rings (SSSR count). The number of amides is 1. The third-order valence-corrected chi connectivity index (χ3v) is 2.40. The van der Waals surface area contributed by atoms with Crippen LogP contribution in [0.3, 0.4) is 0 Å². The number of rotatable bonds is 1. The Balaban J connectivity index is 2.30. The molecule has 0 aromatic carbocycles. The summed E-state index contributed by atoms with van der Waals surface area (Å²) in [7, 11) is 0. The Morgan fingerprint density at radius 3 is 3.21 bits per heavy atom. The molecule has 0 radical (unpaired) electrons. The molecule has 0 N–H and O–H groups in total. The second-order valence-corrected chi connectivity index (χ2v) is 3.34. The number of nitrogens with zero attached hydrogens (tertiary/aromatic N) is 1. The third-order valence-electron chi connectivity index (χ3n) is 2.40. The molecule has 1 fully saturated rings. The first kappa shape index (κ1) is 8.83. The zero-order valence-electron chi connectivity index (χ0n) is 7.86. The van der Waals surface area contributed by atoms with Crippen LogP contribution in [-0.4, -0.2) is 23.9 Å². The topological polar surface area (TPSA) is 20.3 Å². The number of terminal acetylenes is 1. The van der Waals surface area contributed by atoms with Crippen molar-refractivity contribution in [3.63, 3.8) is 0 Å². The number of carbonyl (C=O) groups excluding carboxylic acids is 1. The van der Waals surface area contributed by atoms with Gasteiger partial charge < -0.3 is 4.90 Å². The van der Waals surface area contributed by atoms with E-state index in [4.69, 9.17) is 6.42 Å². The Morgan fingerprint density at radius 1 is 1.57 bits per heavy atom.